The summed E-state index contributed by atoms with van der Waals surface area (Å²) in [4.78, 5) is 14.0. The molecule has 6 heteroatoms. The molecule has 1 saturated heterocycles. The minimum absolute atomic E-state index is 0.125. The molecular weight excluding hydrogens is 338 g/mol. The number of anilines is 2. The fourth-order valence-corrected chi connectivity index (χ4v) is 4.85. The first-order valence-corrected chi connectivity index (χ1v) is 8.49. The molecule has 0 spiro atoms. The first-order chi connectivity index (χ1) is 9.45. The van der Waals surface area contributed by atoms with Crippen molar-refractivity contribution in [3.8, 4) is 0 Å². The van der Waals surface area contributed by atoms with Gasteiger partial charge in [0.15, 0.2) is 0 Å². The van der Waals surface area contributed by atoms with Crippen LogP contribution in [0.3, 0.4) is 0 Å². The smallest absolute Gasteiger partial charge is 0.245 e. The SMILES string of the molecule is CC1CN(c2cc3c(cc2Br)C(N)C(=O)N3)CC(C)S1. The Balaban J connectivity index is 1.95. The number of nitrogens with two attached hydrogens (primary N) is 1. The summed E-state index contributed by atoms with van der Waals surface area (Å²) in [6.45, 7) is 6.55. The highest BCUT2D eigenvalue weighted by Gasteiger charge is 2.30. The third-order valence-electron chi connectivity index (χ3n) is 3.75. The minimum Gasteiger partial charge on any atom is -0.368 e. The molecule has 3 N–H and O–H groups in total. The van der Waals surface area contributed by atoms with Crippen molar-refractivity contribution in [2.75, 3.05) is 23.3 Å². The maximum Gasteiger partial charge on any atom is 0.245 e. The summed E-state index contributed by atoms with van der Waals surface area (Å²) in [5, 5.41) is 4.07. The van der Waals surface area contributed by atoms with Crippen molar-refractivity contribution in [3.05, 3.63) is 22.2 Å². The zero-order chi connectivity index (χ0) is 14.4. The average Bonchev–Trinajstić information content (AvgIpc) is 2.63. The first kappa shape index (κ1) is 14.2. The highest BCUT2D eigenvalue weighted by Crippen LogP contribution is 2.40. The lowest BCUT2D eigenvalue weighted by Crippen LogP contribution is -2.40. The van der Waals surface area contributed by atoms with Crippen molar-refractivity contribution in [1.82, 2.24) is 0 Å². The van der Waals surface area contributed by atoms with Crippen molar-refractivity contribution in [2.24, 2.45) is 5.73 Å². The number of halogens is 1. The van der Waals surface area contributed by atoms with E-state index in [-0.39, 0.29) is 5.91 Å². The number of carbonyl (C=O) groups is 1. The molecule has 2 aliphatic heterocycles. The topological polar surface area (TPSA) is 58.4 Å². The number of thioether (sulfide) groups is 1. The van der Waals surface area contributed by atoms with Gasteiger partial charge in [0, 0.05) is 39.3 Å². The Labute approximate surface area is 131 Å². The van der Waals surface area contributed by atoms with Crippen LogP contribution in [-0.4, -0.2) is 29.5 Å². The molecule has 1 aromatic rings. The summed E-state index contributed by atoms with van der Waals surface area (Å²) in [6, 6.07) is 3.47. The van der Waals surface area contributed by atoms with Crippen molar-refractivity contribution in [1.29, 1.82) is 0 Å². The highest BCUT2D eigenvalue weighted by atomic mass is 79.9. The third-order valence-corrected chi connectivity index (χ3v) is 5.62. The lowest BCUT2D eigenvalue weighted by Gasteiger charge is -2.37. The van der Waals surface area contributed by atoms with E-state index in [0.29, 0.717) is 10.5 Å². The van der Waals surface area contributed by atoms with Crippen molar-refractivity contribution < 1.29 is 4.79 Å². The predicted molar refractivity (Wildman–Crippen MR) is 88.4 cm³/mol. The van der Waals surface area contributed by atoms with Gasteiger partial charge in [-0.3, -0.25) is 4.79 Å². The maximum absolute atomic E-state index is 11.7. The van der Waals surface area contributed by atoms with Gasteiger partial charge in [0.25, 0.3) is 0 Å². The van der Waals surface area contributed by atoms with Crippen molar-refractivity contribution in [3.63, 3.8) is 0 Å². The number of hydrogen-bond donors (Lipinski definition) is 2. The molecule has 0 aliphatic carbocycles. The molecule has 2 aliphatic rings. The second-order valence-electron chi connectivity index (χ2n) is 5.52. The average molecular weight is 356 g/mol. The van der Waals surface area contributed by atoms with E-state index >= 15 is 0 Å². The molecule has 0 bridgehead atoms. The second-order valence-corrected chi connectivity index (χ2v) is 8.26. The molecule has 1 fully saturated rings. The Bertz CT molecular complexity index is 556. The fraction of sp³-hybridized carbons (Fsp3) is 0.500. The maximum atomic E-state index is 11.7. The zero-order valence-electron chi connectivity index (χ0n) is 11.5. The van der Waals surface area contributed by atoms with E-state index in [0.717, 1.165) is 34.5 Å². The minimum atomic E-state index is -0.551. The van der Waals surface area contributed by atoms with Gasteiger partial charge in [-0.1, -0.05) is 13.8 Å². The number of fused-ring (bicyclic) bond motifs is 1. The van der Waals surface area contributed by atoms with Gasteiger partial charge in [0.05, 0.1) is 5.69 Å². The molecule has 108 valence electrons. The molecule has 2 heterocycles. The van der Waals surface area contributed by atoms with Crippen LogP contribution < -0.4 is 16.0 Å². The van der Waals surface area contributed by atoms with Crippen LogP contribution in [0.4, 0.5) is 11.4 Å². The van der Waals surface area contributed by atoms with Crippen molar-refractivity contribution >= 4 is 45.0 Å². The number of nitrogens with one attached hydrogen (secondary N) is 1. The number of nitrogens with zero attached hydrogens (tertiary/aromatic N) is 1. The molecular formula is C14H18BrN3OS. The Morgan fingerprint density at radius 1 is 1.35 bits per heavy atom. The molecule has 0 aromatic heterocycles. The van der Waals surface area contributed by atoms with Gasteiger partial charge in [-0.25, -0.2) is 0 Å². The fourth-order valence-electron chi connectivity index (χ4n) is 2.91. The van der Waals surface area contributed by atoms with E-state index in [4.69, 9.17) is 5.73 Å². The lowest BCUT2D eigenvalue weighted by atomic mass is 10.1. The molecule has 1 aromatic carbocycles. The molecule has 0 saturated carbocycles. The quantitative estimate of drug-likeness (QED) is 0.813. The normalized spacial score (nSPS) is 29.3. The summed E-state index contributed by atoms with van der Waals surface area (Å²) in [7, 11) is 0. The standard InChI is InChI=1S/C14H18BrN3OS/c1-7-5-18(6-8(2)20-7)12-4-11-9(3-10(12)15)13(16)14(19)17-11/h3-4,7-8,13H,5-6,16H2,1-2H3,(H,17,19). The Hall–Kier alpha value is -0.720. The molecule has 3 atom stereocenters. The van der Waals surface area contributed by atoms with Gasteiger partial charge in [-0.05, 0) is 28.1 Å². The molecule has 3 unspecified atom stereocenters. The van der Waals surface area contributed by atoms with Crippen LogP contribution in [0, 0.1) is 0 Å². The second kappa shape index (κ2) is 5.24. The number of carbonyl (C=O) groups excluding carboxylic acids is 1. The zero-order valence-corrected chi connectivity index (χ0v) is 13.9. The van der Waals surface area contributed by atoms with Crippen LogP contribution in [0.5, 0.6) is 0 Å². The monoisotopic (exact) mass is 355 g/mol. The first-order valence-electron chi connectivity index (χ1n) is 6.76. The van der Waals surface area contributed by atoms with Crippen LogP contribution in [0.2, 0.25) is 0 Å². The van der Waals surface area contributed by atoms with E-state index in [1.165, 1.54) is 0 Å². The summed E-state index contributed by atoms with van der Waals surface area (Å²) in [5.41, 5.74) is 8.74. The predicted octanol–water partition coefficient (Wildman–Crippen LogP) is 2.73. The Morgan fingerprint density at radius 2 is 2.00 bits per heavy atom. The van der Waals surface area contributed by atoms with Crippen LogP contribution in [0.15, 0.2) is 16.6 Å². The number of hydrogen-bond acceptors (Lipinski definition) is 4. The van der Waals surface area contributed by atoms with Gasteiger partial charge in [-0.2, -0.15) is 11.8 Å². The van der Waals surface area contributed by atoms with Gasteiger partial charge >= 0.3 is 0 Å². The number of amides is 1. The van der Waals surface area contributed by atoms with E-state index < -0.39 is 6.04 Å². The summed E-state index contributed by atoms with van der Waals surface area (Å²) in [5.74, 6) is -0.125. The number of rotatable bonds is 1. The molecule has 20 heavy (non-hydrogen) atoms. The van der Waals surface area contributed by atoms with E-state index in [2.05, 4.69) is 40.0 Å². The Morgan fingerprint density at radius 3 is 2.65 bits per heavy atom. The van der Waals surface area contributed by atoms with Gasteiger partial charge in [0.2, 0.25) is 5.91 Å². The summed E-state index contributed by atoms with van der Waals surface area (Å²) < 4.78 is 1.01. The van der Waals surface area contributed by atoms with Crippen LogP contribution in [-0.2, 0) is 4.79 Å². The largest absolute Gasteiger partial charge is 0.368 e. The van der Waals surface area contributed by atoms with E-state index in [9.17, 15) is 4.79 Å². The van der Waals surface area contributed by atoms with Crippen LogP contribution in [0.1, 0.15) is 25.5 Å². The van der Waals surface area contributed by atoms with Crippen LogP contribution in [0.25, 0.3) is 0 Å². The van der Waals surface area contributed by atoms with E-state index in [1.54, 1.807) is 0 Å². The highest BCUT2D eigenvalue weighted by molar-refractivity contribution is 9.10. The summed E-state index contributed by atoms with van der Waals surface area (Å²) >= 11 is 5.65. The van der Waals surface area contributed by atoms with E-state index in [1.807, 2.05) is 23.9 Å². The van der Waals surface area contributed by atoms with Gasteiger partial charge in [-0.15, -0.1) is 0 Å². The third kappa shape index (κ3) is 2.44. The van der Waals surface area contributed by atoms with Crippen LogP contribution >= 0.6 is 27.7 Å². The van der Waals surface area contributed by atoms with Gasteiger partial charge < -0.3 is 16.0 Å². The Kier molecular flexibility index (Phi) is 3.73. The van der Waals surface area contributed by atoms with Crippen molar-refractivity contribution in [2.45, 2.75) is 30.4 Å². The molecule has 0 radical (unpaired) electrons. The lowest BCUT2D eigenvalue weighted by molar-refractivity contribution is -0.116. The molecule has 1 amide bonds. The molecule has 4 nitrogen and oxygen atoms in total. The summed E-state index contributed by atoms with van der Waals surface area (Å²) in [6.07, 6.45) is 0. The number of benzene rings is 1. The molecule has 3 rings (SSSR count). The van der Waals surface area contributed by atoms with Gasteiger partial charge in [0.1, 0.15) is 6.04 Å².